The predicted octanol–water partition coefficient (Wildman–Crippen LogP) is 2.32. The van der Waals surface area contributed by atoms with Gasteiger partial charge in [-0.25, -0.2) is 0 Å². The van der Waals surface area contributed by atoms with E-state index in [4.69, 9.17) is 0 Å². The first kappa shape index (κ1) is 17.7. The van der Waals surface area contributed by atoms with Crippen LogP contribution in [0.5, 0.6) is 0 Å². The maximum atomic E-state index is 4.50. The molecule has 1 aromatic heterocycles. The number of likely N-dealkylation sites (tertiary alicyclic amines) is 1. The summed E-state index contributed by atoms with van der Waals surface area (Å²) in [5, 5.41) is 6.75. The summed E-state index contributed by atoms with van der Waals surface area (Å²) in [4.78, 5) is 11.4. The molecule has 1 atom stereocenters. The van der Waals surface area contributed by atoms with Crippen molar-refractivity contribution in [1.29, 1.82) is 0 Å². The molecule has 2 N–H and O–H groups in total. The van der Waals surface area contributed by atoms with Gasteiger partial charge in [-0.1, -0.05) is 19.4 Å². The van der Waals surface area contributed by atoms with Crippen LogP contribution in [-0.4, -0.2) is 48.6 Å². The Morgan fingerprint density at radius 1 is 1.35 bits per heavy atom. The van der Waals surface area contributed by atoms with Gasteiger partial charge in [0.1, 0.15) is 0 Å². The summed E-state index contributed by atoms with van der Waals surface area (Å²) in [6.07, 6.45) is 5.33. The summed E-state index contributed by atoms with van der Waals surface area (Å²) in [7, 11) is 1.81. The molecule has 1 aromatic rings. The minimum Gasteiger partial charge on any atom is -0.355 e. The monoisotopic (exact) mass is 317 g/mol. The number of hydrogen-bond donors (Lipinski definition) is 2. The molecular formula is C18H31N5. The van der Waals surface area contributed by atoms with E-state index >= 15 is 0 Å². The maximum Gasteiger partial charge on any atom is 0.191 e. The van der Waals surface area contributed by atoms with Gasteiger partial charge in [0.15, 0.2) is 5.96 Å². The van der Waals surface area contributed by atoms with Crippen LogP contribution in [0, 0.1) is 6.92 Å². The third kappa shape index (κ3) is 5.82. The number of aliphatic imine (C=N–C) groups is 1. The Labute approximate surface area is 140 Å². The zero-order valence-corrected chi connectivity index (χ0v) is 14.8. The summed E-state index contributed by atoms with van der Waals surface area (Å²) in [5.74, 6) is 0.846. The number of nitrogens with one attached hydrogen (secondary N) is 2. The molecule has 5 heteroatoms. The molecule has 5 nitrogen and oxygen atoms in total. The lowest BCUT2D eigenvalue weighted by Gasteiger charge is -2.35. The van der Waals surface area contributed by atoms with Crippen molar-refractivity contribution in [2.75, 3.05) is 26.7 Å². The molecule has 0 spiro atoms. The minimum absolute atomic E-state index is 0.697. The zero-order valence-electron chi connectivity index (χ0n) is 14.8. The lowest BCUT2D eigenvalue weighted by Crippen LogP contribution is -2.45. The first-order valence-electron chi connectivity index (χ1n) is 8.84. The Morgan fingerprint density at radius 3 is 2.96 bits per heavy atom. The summed E-state index contributed by atoms with van der Waals surface area (Å²) in [6.45, 7) is 8.26. The van der Waals surface area contributed by atoms with Gasteiger partial charge >= 0.3 is 0 Å². The quantitative estimate of drug-likeness (QED) is 0.624. The van der Waals surface area contributed by atoms with Crippen molar-refractivity contribution in [1.82, 2.24) is 20.5 Å². The largest absolute Gasteiger partial charge is 0.355 e. The number of hydrogen-bond acceptors (Lipinski definition) is 3. The SMILES string of the molecule is CCC1CCCCN1CCNC(=NC)NCc1cccc(C)n1. The number of aryl methyl sites for hydroxylation is 1. The van der Waals surface area contributed by atoms with Crippen LogP contribution in [0.1, 0.15) is 44.0 Å². The third-order valence-corrected chi connectivity index (χ3v) is 4.52. The average Bonchev–Trinajstić information content (AvgIpc) is 2.58. The Balaban J connectivity index is 1.72. The van der Waals surface area contributed by atoms with Crippen LogP contribution >= 0.6 is 0 Å². The van der Waals surface area contributed by atoms with E-state index in [0.717, 1.165) is 36.5 Å². The smallest absolute Gasteiger partial charge is 0.191 e. The fraction of sp³-hybridized carbons (Fsp3) is 0.667. The highest BCUT2D eigenvalue weighted by Gasteiger charge is 2.19. The van der Waals surface area contributed by atoms with Crippen LogP contribution in [-0.2, 0) is 6.54 Å². The Kier molecular flexibility index (Phi) is 7.33. The van der Waals surface area contributed by atoms with Gasteiger partial charge in [-0.2, -0.15) is 0 Å². The first-order valence-corrected chi connectivity index (χ1v) is 8.84. The van der Waals surface area contributed by atoms with Crippen molar-refractivity contribution >= 4 is 5.96 Å². The number of piperidine rings is 1. The van der Waals surface area contributed by atoms with Gasteiger partial charge in [-0.3, -0.25) is 14.9 Å². The van der Waals surface area contributed by atoms with Crippen LogP contribution in [0.2, 0.25) is 0 Å². The molecular weight excluding hydrogens is 286 g/mol. The van der Waals surface area contributed by atoms with Crippen LogP contribution in [0.3, 0.4) is 0 Å². The molecule has 1 saturated heterocycles. The van der Waals surface area contributed by atoms with Gasteiger partial charge in [0.05, 0.1) is 12.2 Å². The standard InChI is InChI=1S/C18H31N5/c1-4-17-10-5-6-12-23(17)13-11-20-18(19-3)21-14-16-9-7-8-15(2)22-16/h7-9,17H,4-6,10-14H2,1-3H3,(H2,19,20,21). The highest BCUT2D eigenvalue weighted by Crippen LogP contribution is 2.18. The van der Waals surface area contributed by atoms with Gasteiger partial charge in [0.2, 0.25) is 0 Å². The molecule has 0 aromatic carbocycles. The summed E-state index contributed by atoms with van der Waals surface area (Å²) in [6, 6.07) is 6.85. The summed E-state index contributed by atoms with van der Waals surface area (Å²) in [5.41, 5.74) is 2.08. The van der Waals surface area contributed by atoms with E-state index in [1.165, 1.54) is 32.2 Å². The molecule has 0 aliphatic carbocycles. The van der Waals surface area contributed by atoms with Crippen molar-refractivity contribution in [3.05, 3.63) is 29.6 Å². The Hall–Kier alpha value is -1.62. The highest BCUT2D eigenvalue weighted by molar-refractivity contribution is 5.79. The average molecular weight is 317 g/mol. The summed E-state index contributed by atoms with van der Waals surface area (Å²) < 4.78 is 0. The van der Waals surface area contributed by atoms with Crippen molar-refractivity contribution in [3.8, 4) is 0 Å². The molecule has 1 fully saturated rings. The van der Waals surface area contributed by atoms with Crippen molar-refractivity contribution in [2.24, 2.45) is 4.99 Å². The molecule has 0 amide bonds. The number of pyridine rings is 1. The highest BCUT2D eigenvalue weighted by atomic mass is 15.2. The van der Waals surface area contributed by atoms with Crippen molar-refractivity contribution in [3.63, 3.8) is 0 Å². The van der Waals surface area contributed by atoms with E-state index in [-0.39, 0.29) is 0 Å². The second-order valence-electron chi connectivity index (χ2n) is 6.22. The van der Waals surface area contributed by atoms with Gasteiger partial charge in [-0.15, -0.1) is 0 Å². The van der Waals surface area contributed by atoms with E-state index in [9.17, 15) is 0 Å². The molecule has 0 radical (unpaired) electrons. The zero-order chi connectivity index (χ0) is 16.5. The van der Waals surface area contributed by atoms with Crippen LogP contribution in [0.25, 0.3) is 0 Å². The second-order valence-corrected chi connectivity index (χ2v) is 6.22. The molecule has 23 heavy (non-hydrogen) atoms. The lowest BCUT2D eigenvalue weighted by molar-refractivity contribution is 0.147. The Bertz CT molecular complexity index is 500. The molecule has 1 aliphatic rings. The molecule has 0 saturated carbocycles. The van der Waals surface area contributed by atoms with Gasteiger partial charge in [-0.05, 0) is 44.9 Å². The molecule has 2 heterocycles. The topological polar surface area (TPSA) is 52.5 Å². The van der Waals surface area contributed by atoms with E-state index in [0.29, 0.717) is 6.54 Å². The van der Waals surface area contributed by atoms with Gasteiger partial charge < -0.3 is 10.6 Å². The van der Waals surface area contributed by atoms with Crippen molar-refractivity contribution in [2.45, 2.75) is 52.1 Å². The van der Waals surface area contributed by atoms with E-state index in [1.54, 1.807) is 0 Å². The first-order chi connectivity index (χ1) is 11.2. The molecule has 1 aliphatic heterocycles. The normalized spacial score (nSPS) is 19.6. The molecule has 1 unspecified atom stereocenters. The maximum absolute atomic E-state index is 4.50. The predicted molar refractivity (Wildman–Crippen MR) is 96.7 cm³/mol. The van der Waals surface area contributed by atoms with Crippen LogP contribution < -0.4 is 10.6 Å². The van der Waals surface area contributed by atoms with Gasteiger partial charge in [0.25, 0.3) is 0 Å². The number of rotatable bonds is 6. The van der Waals surface area contributed by atoms with Gasteiger partial charge in [0, 0.05) is 31.9 Å². The lowest BCUT2D eigenvalue weighted by atomic mass is 10.0. The van der Waals surface area contributed by atoms with Crippen molar-refractivity contribution < 1.29 is 0 Å². The molecule has 2 rings (SSSR count). The molecule has 0 bridgehead atoms. The number of nitrogens with zero attached hydrogens (tertiary/aromatic N) is 3. The third-order valence-electron chi connectivity index (χ3n) is 4.52. The van der Waals surface area contributed by atoms with E-state index in [1.807, 2.05) is 32.2 Å². The fourth-order valence-electron chi connectivity index (χ4n) is 3.23. The van der Waals surface area contributed by atoms with E-state index in [2.05, 4.69) is 32.4 Å². The van der Waals surface area contributed by atoms with Crippen LogP contribution in [0.15, 0.2) is 23.2 Å². The number of guanidine groups is 1. The summed E-state index contributed by atoms with van der Waals surface area (Å²) >= 11 is 0. The number of aromatic nitrogens is 1. The fourth-order valence-corrected chi connectivity index (χ4v) is 3.23. The second kappa shape index (κ2) is 9.50. The van der Waals surface area contributed by atoms with Crippen LogP contribution in [0.4, 0.5) is 0 Å². The molecule has 128 valence electrons. The minimum atomic E-state index is 0.697. The Morgan fingerprint density at radius 2 is 2.22 bits per heavy atom. The van der Waals surface area contributed by atoms with E-state index < -0.39 is 0 Å².